The van der Waals surface area contributed by atoms with Crippen LogP contribution in [0.3, 0.4) is 0 Å². The van der Waals surface area contributed by atoms with Crippen LogP contribution in [0.4, 0.5) is 4.39 Å². The third-order valence-electron chi connectivity index (χ3n) is 3.46. The van der Waals surface area contributed by atoms with Crippen molar-refractivity contribution < 1.29 is 9.13 Å². The van der Waals surface area contributed by atoms with Crippen LogP contribution >= 0.6 is 0 Å². The standard InChI is InChI=1S/C16H22FN3O/c1-4-10-18-16(13-9-11-19-20(13)5-2)15-12(17)7-6-8-14(15)21-3/h6-9,11,16,18H,4-5,10H2,1-3H3. The largest absolute Gasteiger partial charge is 0.496 e. The number of aryl methyl sites for hydroxylation is 1. The predicted octanol–water partition coefficient (Wildman–Crippen LogP) is 3.14. The average molecular weight is 291 g/mol. The number of nitrogens with one attached hydrogen (secondary N) is 1. The molecule has 1 heterocycles. The molecule has 1 unspecified atom stereocenters. The molecule has 0 aliphatic heterocycles. The number of aromatic nitrogens is 2. The van der Waals surface area contributed by atoms with E-state index in [9.17, 15) is 4.39 Å². The van der Waals surface area contributed by atoms with E-state index < -0.39 is 0 Å². The minimum Gasteiger partial charge on any atom is -0.496 e. The van der Waals surface area contributed by atoms with Crippen LogP contribution in [0.15, 0.2) is 30.5 Å². The van der Waals surface area contributed by atoms with Crippen molar-refractivity contribution in [2.45, 2.75) is 32.9 Å². The van der Waals surface area contributed by atoms with Crippen molar-refractivity contribution in [1.82, 2.24) is 15.1 Å². The lowest BCUT2D eigenvalue weighted by Gasteiger charge is -2.22. The van der Waals surface area contributed by atoms with Crippen LogP contribution in [-0.4, -0.2) is 23.4 Å². The van der Waals surface area contributed by atoms with E-state index in [0.717, 1.165) is 25.2 Å². The molecule has 0 radical (unpaired) electrons. The van der Waals surface area contributed by atoms with E-state index in [0.29, 0.717) is 11.3 Å². The highest BCUT2D eigenvalue weighted by molar-refractivity contribution is 5.41. The van der Waals surface area contributed by atoms with Gasteiger partial charge in [0.1, 0.15) is 11.6 Å². The molecule has 2 aromatic rings. The molecule has 0 fully saturated rings. The molecule has 1 atom stereocenters. The molecular weight excluding hydrogens is 269 g/mol. The van der Waals surface area contributed by atoms with E-state index in [1.807, 2.05) is 17.7 Å². The smallest absolute Gasteiger partial charge is 0.132 e. The van der Waals surface area contributed by atoms with E-state index in [1.165, 1.54) is 6.07 Å². The van der Waals surface area contributed by atoms with Gasteiger partial charge in [0, 0.05) is 12.7 Å². The fraction of sp³-hybridized carbons (Fsp3) is 0.438. The molecule has 2 rings (SSSR count). The summed E-state index contributed by atoms with van der Waals surface area (Å²) in [5, 5.41) is 7.69. The summed E-state index contributed by atoms with van der Waals surface area (Å²) in [5.41, 5.74) is 1.47. The van der Waals surface area contributed by atoms with Crippen LogP contribution in [0.5, 0.6) is 5.75 Å². The summed E-state index contributed by atoms with van der Waals surface area (Å²) in [6.45, 7) is 5.63. The maximum absolute atomic E-state index is 14.4. The van der Waals surface area contributed by atoms with Crippen molar-refractivity contribution in [2.24, 2.45) is 0 Å². The second-order valence-corrected chi connectivity index (χ2v) is 4.81. The highest BCUT2D eigenvalue weighted by atomic mass is 19.1. The van der Waals surface area contributed by atoms with E-state index in [-0.39, 0.29) is 11.9 Å². The van der Waals surface area contributed by atoms with Crippen LogP contribution in [0, 0.1) is 5.82 Å². The Hall–Kier alpha value is -1.88. The molecule has 0 saturated carbocycles. The van der Waals surface area contributed by atoms with Gasteiger partial charge in [-0.25, -0.2) is 4.39 Å². The zero-order chi connectivity index (χ0) is 15.2. The first kappa shape index (κ1) is 15.5. The maximum atomic E-state index is 14.4. The van der Waals surface area contributed by atoms with Crippen LogP contribution < -0.4 is 10.1 Å². The molecule has 5 heteroatoms. The van der Waals surface area contributed by atoms with E-state index >= 15 is 0 Å². The van der Waals surface area contributed by atoms with Crippen molar-refractivity contribution >= 4 is 0 Å². The summed E-state index contributed by atoms with van der Waals surface area (Å²) in [7, 11) is 1.56. The van der Waals surface area contributed by atoms with Gasteiger partial charge in [-0.3, -0.25) is 4.68 Å². The fourth-order valence-corrected chi connectivity index (χ4v) is 2.47. The molecule has 0 amide bonds. The Labute approximate surface area is 124 Å². The van der Waals surface area contributed by atoms with Gasteiger partial charge in [0.2, 0.25) is 0 Å². The SMILES string of the molecule is CCCNC(c1c(F)cccc1OC)c1ccnn1CC. The van der Waals surface area contributed by atoms with Crippen LogP contribution in [0.1, 0.15) is 37.6 Å². The lowest BCUT2D eigenvalue weighted by atomic mass is 10.0. The Morgan fingerprint density at radius 1 is 1.33 bits per heavy atom. The fourth-order valence-electron chi connectivity index (χ4n) is 2.47. The van der Waals surface area contributed by atoms with Gasteiger partial charge in [0.25, 0.3) is 0 Å². The number of hydrogen-bond donors (Lipinski definition) is 1. The summed E-state index contributed by atoms with van der Waals surface area (Å²) < 4.78 is 21.6. The zero-order valence-corrected chi connectivity index (χ0v) is 12.8. The van der Waals surface area contributed by atoms with Gasteiger partial charge < -0.3 is 10.1 Å². The molecule has 1 aromatic heterocycles. The Morgan fingerprint density at radius 3 is 2.81 bits per heavy atom. The Kier molecular flexibility index (Phi) is 5.33. The van der Waals surface area contributed by atoms with E-state index in [2.05, 4.69) is 17.3 Å². The number of methoxy groups -OCH3 is 1. The molecule has 21 heavy (non-hydrogen) atoms. The highest BCUT2D eigenvalue weighted by Gasteiger charge is 2.24. The summed E-state index contributed by atoms with van der Waals surface area (Å²) >= 11 is 0. The topological polar surface area (TPSA) is 39.1 Å². The molecule has 0 aliphatic rings. The number of hydrogen-bond acceptors (Lipinski definition) is 3. The van der Waals surface area contributed by atoms with E-state index in [4.69, 9.17) is 4.74 Å². The molecule has 0 spiro atoms. The normalized spacial score (nSPS) is 12.4. The van der Waals surface area contributed by atoms with Crippen molar-refractivity contribution in [3.63, 3.8) is 0 Å². The number of halogens is 1. The molecule has 1 N–H and O–H groups in total. The van der Waals surface area contributed by atoms with Gasteiger partial charge >= 0.3 is 0 Å². The summed E-state index contributed by atoms with van der Waals surface area (Å²) in [5.74, 6) is 0.277. The third kappa shape index (κ3) is 3.24. The summed E-state index contributed by atoms with van der Waals surface area (Å²) in [6, 6.07) is 6.55. The van der Waals surface area contributed by atoms with Crippen molar-refractivity contribution in [1.29, 1.82) is 0 Å². The Bertz CT molecular complexity index is 583. The second kappa shape index (κ2) is 7.22. The van der Waals surface area contributed by atoms with Crippen molar-refractivity contribution in [2.75, 3.05) is 13.7 Å². The molecule has 4 nitrogen and oxygen atoms in total. The van der Waals surface area contributed by atoms with Gasteiger partial charge in [-0.2, -0.15) is 5.10 Å². The molecule has 0 saturated heterocycles. The zero-order valence-electron chi connectivity index (χ0n) is 12.8. The van der Waals surface area contributed by atoms with Crippen LogP contribution in [0.25, 0.3) is 0 Å². The van der Waals surface area contributed by atoms with Crippen molar-refractivity contribution in [3.05, 3.63) is 47.5 Å². The number of ether oxygens (including phenoxy) is 1. The van der Waals surface area contributed by atoms with Gasteiger partial charge in [0.05, 0.1) is 24.4 Å². The van der Waals surface area contributed by atoms with Gasteiger partial charge in [-0.05, 0) is 38.1 Å². The first-order chi connectivity index (χ1) is 10.2. The molecular formula is C16H22FN3O. The van der Waals surface area contributed by atoms with Crippen LogP contribution in [0.2, 0.25) is 0 Å². The molecule has 1 aromatic carbocycles. The lowest BCUT2D eigenvalue weighted by Crippen LogP contribution is -2.27. The predicted molar refractivity (Wildman–Crippen MR) is 81.0 cm³/mol. The monoisotopic (exact) mass is 291 g/mol. The summed E-state index contributed by atoms with van der Waals surface area (Å²) in [4.78, 5) is 0. The molecule has 114 valence electrons. The van der Waals surface area contributed by atoms with Gasteiger partial charge in [0.15, 0.2) is 0 Å². The van der Waals surface area contributed by atoms with E-state index in [1.54, 1.807) is 25.4 Å². The minimum atomic E-state index is -0.274. The second-order valence-electron chi connectivity index (χ2n) is 4.81. The third-order valence-corrected chi connectivity index (χ3v) is 3.46. The molecule has 0 aliphatic carbocycles. The molecule has 0 bridgehead atoms. The number of rotatable bonds is 7. The summed E-state index contributed by atoms with van der Waals surface area (Å²) in [6.07, 6.45) is 2.71. The average Bonchev–Trinajstić information content (AvgIpc) is 2.97. The van der Waals surface area contributed by atoms with Crippen LogP contribution in [-0.2, 0) is 6.54 Å². The number of nitrogens with zero attached hydrogens (tertiary/aromatic N) is 2. The Morgan fingerprint density at radius 2 is 2.14 bits per heavy atom. The highest BCUT2D eigenvalue weighted by Crippen LogP contribution is 2.32. The van der Waals surface area contributed by atoms with Gasteiger partial charge in [-0.1, -0.05) is 13.0 Å². The maximum Gasteiger partial charge on any atom is 0.132 e. The van der Waals surface area contributed by atoms with Gasteiger partial charge in [-0.15, -0.1) is 0 Å². The first-order valence-corrected chi connectivity index (χ1v) is 7.30. The lowest BCUT2D eigenvalue weighted by molar-refractivity contribution is 0.393. The quantitative estimate of drug-likeness (QED) is 0.852. The number of benzene rings is 1. The first-order valence-electron chi connectivity index (χ1n) is 7.30. The minimum absolute atomic E-state index is 0.271. The Balaban J connectivity index is 2.50. The van der Waals surface area contributed by atoms with Crippen molar-refractivity contribution in [3.8, 4) is 5.75 Å².